The maximum absolute atomic E-state index is 11.2. The van der Waals surface area contributed by atoms with Crippen molar-refractivity contribution in [2.45, 2.75) is 46.7 Å². The molecule has 2 N–H and O–H groups in total. The van der Waals surface area contributed by atoms with E-state index in [1.807, 2.05) is 39.0 Å². The zero-order chi connectivity index (χ0) is 16.5. The molecule has 0 aromatic heterocycles. The predicted octanol–water partition coefficient (Wildman–Crippen LogP) is 3.07. The van der Waals surface area contributed by atoms with Crippen molar-refractivity contribution < 1.29 is 19.4 Å². The molecule has 0 aliphatic carbocycles. The number of aliphatic carboxylic acids is 1. The van der Waals surface area contributed by atoms with E-state index in [1.165, 1.54) is 0 Å². The van der Waals surface area contributed by atoms with E-state index in [2.05, 4.69) is 12.2 Å². The van der Waals surface area contributed by atoms with Crippen molar-refractivity contribution in [3.63, 3.8) is 0 Å². The van der Waals surface area contributed by atoms with Gasteiger partial charge in [0.1, 0.15) is 6.04 Å². The topological polar surface area (TPSA) is 67.8 Å². The van der Waals surface area contributed by atoms with Gasteiger partial charge in [0.2, 0.25) is 0 Å². The molecule has 0 heterocycles. The third-order valence-corrected chi connectivity index (χ3v) is 3.23. The van der Waals surface area contributed by atoms with Gasteiger partial charge in [0.05, 0.1) is 13.2 Å². The van der Waals surface area contributed by atoms with Crippen LogP contribution < -0.4 is 14.8 Å². The first-order valence-corrected chi connectivity index (χ1v) is 7.84. The van der Waals surface area contributed by atoms with Crippen LogP contribution in [0.1, 0.15) is 39.7 Å². The minimum absolute atomic E-state index is 0.0241. The molecule has 0 radical (unpaired) electrons. The summed E-state index contributed by atoms with van der Waals surface area (Å²) in [5, 5.41) is 12.3. The maximum Gasteiger partial charge on any atom is 0.320 e. The standard InChI is InChI=1S/C17H27NO4/c1-5-9-22-14-8-7-13(10-15(14)21-6-2)11-18-16(12(3)4)17(19)20/h7-8,10,12,16,18H,5-6,9,11H2,1-4H3,(H,19,20). The molecule has 5 nitrogen and oxygen atoms in total. The summed E-state index contributed by atoms with van der Waals surface area (Å²) in [6, 6.07) is 5.15. The molecule has 1 aromatic carbocycles. The number of hydrogen-bond acceptors (Lipinski definition) is 4. The molecule has 0 aliphatic heterocycles. The van der Waals surface area contributed by atoms with Crippen molar-refractivity contribution in [1.29, 1.82) is 0 Å². The molecule has 1 atom stereocenters. The van der Waals surface area contributed by atoms with Crippen molar-refractivity contribution >= 4 is 5.97 Å². The summed E-state index contributed by atoms with van der Waals surface area (Å²) in [6.45, 7) is 9.43. The quantitative estimate of drug-likeness (QED) is 0.695. The number of ether oxygens (including phenoxy) is 2. The van der Waals surface area contributed by atoms with Crippen LogP contribution in [-0.4, -0.2) is 30.3 Å². The third kappa shape index (κ3) is 5.56. The van der Waals surface area contributed by atoms with E-state index < -0.39 is 12.0 Å². The fourth-order valence-electron chi connectivity index (χ4n) is 2.10. The van der Waals surface area contributed by atoms with Gasteiger partial charge in [0.15, 0.2) is 11.5 Å². The van der Waals surface area contributed by atoms with Crippen LogP contribution in [0.15, 0.2) is 18.2 Å². The fraction of sp³-hybridized carbons (Fsp3) is 0.588. The highest BCUT2D eigenvalue weighted by Crippen LogP contribution is 2.28. The van der Waals surface area contributed by atoms with Gasteiger partial charge < -0.3 is 19.9 Å². The molecule has 1 rings (SSSR count). The summed E-state index contributed by atoms with van der Waals surface area (Å²) >= 11 is 0. The molecule has 5 heteroatoms. The van der Waals surface area contributed by atoms with Crippen LogP contribution in [0, 0.1) is 5.92 Å². The molecule has 0 amide bonds. The molecule has 0 saturated heterocycles. The first-order chi connectivity index (χ1) is 10.5. The molecule has 22 heavy (non-hydrogen) atoms. The van der Waals surface area contributed by atoms with Crippen molar-refractivity contribution in [3.05, 3.63) is 23.8 Å². The Balaban J connectivity index is 2.78. The first kappa shape index (κ1) is 18.3. The Bertz CT molecular complexity index is 474. The Morgan fingerprint density at radius 2 is 1.95 bits per heavy atom. The molecule has 0 aliphatic rings. The van der Waals surface area contributed by atoms with E-state index >= 15 is 0 Å². The highest BCUT2D eigenvalue weighted by Gasteiger charge is 2.20. The van der Waals surface area contributed by atoms with Crippen molar-refractivity contribution in [3.8, 4) is 11.5 Å². The monoisotopic (exact) mass is 309 g/mol. The second-order valence-electron chi connectivity index (χ2n) is 5.50. The SMILES string of the molecule is CCCOc1ccc(CNC(C(=O)O)C(C)C)cc1OCC. The highest BCUT2D eigenvalue weighted by molar-refractivity contribution is 5.73. The van der Waals surface area contributed by atoms with Gasteiger partial charge in [-0.05, 0) is 37.0 Å². The van der Waals surface area contributed by atoms with Crippen molar-refractivity contribution in [2.24, 2.45) is 5.92 Å². The molecule has 1 aromatic rings. The lowest BCUT2D eigenvalue weighted by atomic mass is 10.0. The number of hydrogen-bond donors (Lipinski definition) is 2. The number of nitrogens with one attached hydrogen (secondary N) is 1. The zero-order valence-electron chi connectivity index (χ0n) is 13.9. The number of rotatable bonds is 10. The number of carboxylic acids is 1. The fourth-order valence-corrected chi connectivity index (χ4v) is 2.10. The summed E-state index contributed by atoms with van der Waals surface area (Å²) < 4.78 is 11.3. The lowest BCUT2D eigenvalue weighted by Crippen LogP contribution is -2.40. The minimum Gasteiger partial charge on any atom is -0.490 e. The van der Waals surface area contributed by atoms with Crippen molar-refractivity contribution in [2.75, 3.05) is 13.2 Å². The normalized spacial score (nSPS) is 12.2. The van der Waals surface area contributed by atoms with Gasteiger partial charge in [0, 0.05) is 6.54 Å². The molecule has 0 saturated carbocycles. The van der Waals surface area contributed by atoms with Crippen LogP contribution in [0.5, 0.6) is 11.5 Å². The lowest BCUT2D eigenvalue weighted by Gasteiger charge is -2.18. The number of carbonyl (C=O) groups is 1. The largest absolute Gasteiger partial charge is 0.490 e. The van der Waals surface area contributed by atoms with E-state index in [9.17, 15) is 9.90 Å². The van der Waals surface area contributed by atoms with Crippen LogP contribution in [-0.2, 0) is 11.3 Å². The first-order valence-electron chi connectivity index (χ1n) is 7.84. The molecule has 0 spiro atoms. The van der Waals surface area contributed by atoms with E-state index in [4.69, 9.17) is 9.47 Å². The smallest absolute Gasteiger partial charge is 0.320 e. The van der Waals surface area contributed by atoms with E-state index in [1.54, 1.807) is 0 Å². The second-order valence-corrected chi connectivity index (χ2v) is 5.50. The Hall–Kier alpha value is -1.75. The van der Waals surface area contributed by atoms with E-state index in [0.29, 0.717) is 25.5 Å². The summed E-state index contributed by atoms with van der Waals surface area (Å²) in [4.78, 5) is 11.2. The molecule has 1 unspecified atom stereocenters. The van der Waals surface area contributed by atoms with Crippen LogP contribution >= 0.6 is 0 Å². The van der Waals surface area contributed by atoms with Gasteiger partial charge in [-0.25, -0.2) is 0 Å². The number of benzene rings is 1. The van der Waals surface area contributed by atoms with Gasteiger partial charge in [0.25, 0.3) is 0 Å². The second kappa shape index (κ2) is 9.30. The summed E-state index contributed by atoms with van der Waals surface area (Å²) in [5.74, 6) is 0.622. The third-order valence-electron chi connectivity index (χ3n) is 3.23. The van der Waals surface area contributed by atoms with Crippen LogP contribution in [0.25, 0.3) is 0 Å². The summed E-state index contributed by atoms with van der Waals surface area (Å²) in [5.41, 5.74) is 0.971. The zero-order valence-corrected chi connectivity index (χ0v) is 13.9. The average Bonchev–Trinajstić information content (AvgIpc) is 2.46. The lowest BCUT2D eigenvalue weighted by molar-refractivity contribution is -0.140. The maximum atomic E-state index is 11.2. The van der Waals surface area contributed by atoms with Gasteiger partial charge in [-0.1, -0.05) is 26.8 Å². The van der Waals surface area contributed by atoms with E-state index in [-0.39, 0.29) is 5.92 Å². The molecular formula is C17H27NO4. The molecule has 124 valence electrons. The van der Waals surface area contributed by atoms with Gasteiger partial charge >= 0.3 is 5.97 Å². The summed E-state index contributed by atoms with van der Waals surface area (Å²) in [6.07, 6.45) is 0.934. The van der Waals surface area contributed by atoms with Gasteiger partial charge in [-0.15, -0.1) is 0 Å². The Labute approximate surface area is 132 Å². The molecule has 0 bridgehead atoms. The van der Waals surface area contributed by atoms with Crippen LogP contribution in [0.4, 0.5) is 0 Å². The minimum atomic E-state index is -0.831. The van der Waals surface area contributed by atoms with E-state index in [0.717, 1.165) is 17.7 Å². The predicted molar refractivity (Wildman–Crippen MR) is 86.5 cm³/mol. The summed E-state index contributed by atoms with van der Waals surface area (Å²) in [7, 11) is 0. The van der Waals surface area contributed by atoms with Crippen LogP contribution in [0.3, 0.4) is 0 Å². The van der Waals surface area contributed by atoms with Gasteiger partial charge in [-0.2, -0.15) is 0 Å². The Morgan fingerprint density at radius 1 is 1.23 bits per heavy atom. The van der Waals surface area contributed by atoms with Crippen molar-refractivity contribution in [1.82, 2.24) is 5.32 Å². The van der Waals surface area contributed by atoms with Crippen LogP contribution in [0.2, 0.25) is 0 Å². The number of carboxylic acid groups (broad SMARTS) is 1. The van der Waals surface area contributed by atoms with Gasteiger partial charge in [-0.3, -0.25) is 4.79 Å². The Morgan fingerprint density at radius 3 is 2.50 bits per heavy atom. The molecule has 0 fully saturated rings. The Kier molecular flexibility index (Phi) is 7.74. The molecular weight excluding hydrogens is 282 g/mol. The highest BCUT2D eigenvalue weighted by atomic mass is 16.5. The average molecular weight is 309 g/mol.